The van der Waals surface area contributed by atoms with Crippen molar-refractivity contribution in [3.05, 3.63) is 35.4 Å². The third-order valence-corrected chi connectivity index (χ3v) is 5.25. The van der Waals surface area contributed by atoms with Gasteiger partial charge in [-0.1, -0.05) is 38.1 Å². The fourth-order valence-electron chi connectivity index (χ4n) is 2.61. The number of nitrogens with one attached hydrogen (secondary N) is 1. The zero-order valence-electron chi connectivity index (χ0n) is 12.2. The quantitative estimate of drug-likeness (QED) is 0.878. The van der Waals surface area contributed by atoms with Crippen LogP contribution in [0.5, 0.6) is 0 Å². The average molecular weight is 311 g/mol. The largest absolute Gasteiger partial charge is 0.480 e. The van der Waals surface area contributed by atoms with Gasteiger partial charge in [-0.15, -0.1) is 0 Å². The summed E-state index contributed by atoms with van der Waals surface area (Å²) in [6, 6.07) is 6.23. The Morgan fingerprint density at radius 3 is 2.43 bits per heavy atom. The highest BCUT2D eigenvalue weighted by atomic mass is 32.2. The van der Waals surface area contributed by atoms with Gasteiger partial charge in [0.15, 0.2) is 9.84 Å². The summed E-state index contributed by atoms with van der Waals surface area (Å²) in [5.74, 6) is -0.968. The van der Waals surface area contributed by atoms with Crippen LogP contribution in [0, 0.1) is 5.92 Å². The van der Waals surface area contributed by atoms with E-state index >= 15 is 0 Å². The first-order chi connectivity index (χ1) is 9.77. The zero-order valence-corrected chi connectivity index (χ0v) is 13.1. The van der Waals surface area contributed by atoms with E-state index < -0.39 is 27.9 Å². The van der Waals surface area contributed by atoms with Gasteiger partial charge in [0.25, 0.3) is 0 Å². The van der Waals surface area contributed by atoms with E-state index in [1.165, 1.54) is 5.56 Å². The maximum absolute atomic E-state index is 11.9. The molecule has 2 unspecified atom stereocenters. The Hall–Kier alpha value is -1.40. The van der Waals surface area contributed by atoms with Gasteiger partial charge in [0, 0.05) is 6.04 Å². The molecule has 1 heterocycles. The third kappa shape index (κ3) is 4.28. The second-order valence-corrected chi connectivity index (χ2v) is 8.18. The van der Waals surface area contributed by atoms with Crippen molar-refractivity contribution in [3.8, 4) is 0 Å². The van der Waals surface area contributed by atoms with Gasteiger partial charge in [-0.2, -0.15) is 0 Å². The van der Waals surface area contributed by atoms with Crippen molar-refractivity contribution in [1.82, 2.24) is 5.32 Å². The smallest absolute Gasteiger partial charge is 0.321 e. The van der Waals surface area contributed by atoms with Crippen molar-refractivity contribution in [3.63, 3.8) is 0 Å². The number of carboxylic acid groups (broad SMARTS) is 1. The van der Waals surface area contributed by atoms with E-state index in [0.29, 0.717) is 5.92 Å². The molecular weight excluding hydrogens is 290 g/mol. The lowest BCUT2D eigenvalue weighted by Gasteiger charge is -2.29. The summed E-state index contributed by atoms with van der Waals surface area (Å²) in [7, 11) is -3.35. The SMILES string of the molecule is CC(C)Cc1ccc(C2CS(=O)(=O)CC(C(=O)O)N2)cc1. The summed E-state index contributed by atoms with van der Waals surface area (Å²) in [6.07, 6.45) is 0.967. The number of hydrogen-bond donors (Lipinski definition) is 2. The first kappa shape index (κ1) is 16.0. The van der Waals surface area contributed by atoms with Gasteiger partial charge >= 0.3 is 5.97 Å². The number of hydrogen-bond acceptors (Lipinski definition) is 4. The van der Waals surface area contributed by atoms with E-state index in [4.69, 9.17) is 5.11 Å². The van der Waals surface area contributed by atoms with E-state index in [2.05, 4.69) is 19.2 Å². The van der Waals surface area contributed by atoms with E-state index in [1.807, 2.05) is 24.3 Å². The number of sulfone groups is 1. The van der Waals surface area contributed by atoms with Crippen molar-refractivity contribution < 1.29 is 18.3 Å². The molecule has 116 valence electrons. The minimum atomic E-state index is -3.35. The van der Waals surface area contributed by atoms with Crippen LogP contribution in [0.25, 0.3) is 0 Å². The van der Waals surface area contributed by atoms with Crippen LogP contribution in [0.4, 0.5) is 0 Å². The molecule has 0 spiro atoms. The summed E-state index contributed by atoms with van der Waals surface area (Å²) in [5, 5.41) is 12.0. The van der Waals surface area contributed by atoms with Gasteiger partial charge < -0.3 is 5.11 Å². The highest BCUT2D eigenvalue weighted by Gasteiger charge is 2.35. The molecule has 2 rings (SSSR count). The molecule has 1 fully saturated rings. The molecule has 0 aliphatic carbocycles. The Labute approximate surface area is 125 Å². The molecule has 21 heavy (non-hydrogen) atoms. The lowest BCUT2D eigenvalue weighted by molar-refractivity contribution is -0.139. The number of benzene rings is 1. The molecule has 0 bridgehead atoms. The average Bonchev–Trinajstić information content (AvgIpc) is 2.37. The second-order valence-electron chi connectivity index (χ2n) is 6.03. The molecule has 2 N–H and O–H groups in total. The van der Waals surface area contributed by atoms with Crippen LogP contribution in [-0.4, -0.2) is 37.0 Å². The van der Waals surface area contributed by atoms with Crippen LogP contribution in [-0.2, 0) is 21.1 Å². The molecule has 0 radical (unpaired) electrons. The van der Waals surface area contributed by atoms with Crippen molar-refractivity contribution >= 4 is 15.8 Å². The zero-order chi connectivity index (χ0) is 15.6. The number of carboxylic acids is 1. The molecule has 0 aromatic heterocycles. The Morgan fingerprint density at radius 1 is 1.29 bits per heavy atom. The first-order valence-electron chi connectivity index (χ1n) is 7.05. The van der Waals surface area contributed by atoms with Crippen molar-refractivity contribution in [1.29, 1.82) is 0 Å². The van der Waals surface area contributed by atoms with Crippen LogP contribution in [0.15, 0.2) is 24.3 Å². The van der Waals surface area contributed by atoms with E-state index in [-0.39, 0.29) is 11.5 Å². The van der Waals surface area contributed by atoms with Crippen LogP contribution >= 0.6 is 0 Å². The van der Waals surface area contributed by atoms with Crippen molar-refractivity contribution in [2.75, 3.05) is 11.5 Å². The molecule has 1 aliphatic heterocycles. The normalized spacial score (nSPS) is 24.9. The standard InChI is InChI=1S/C15H21NO4S/c1-10(2)7-11-3-5-12(6-4-11)13-8-21(19,20)9-14(16-13)15(17)18/h3-6,10,13-14,16H,7-9H2,1-2H3,(H,17,18). The Balaban J connectivity index is 2.18. The topological polar surface area (TPSA) is 83.5 Å². The van der Waals surface area contributed by atoms with E-state index in [9.17, 15) is 13.2 Å². The molecule has 1 aromatic carbocycles. The highest BCUT2D eigenvalue weighted by Crippen LogP contribution is 2.22. The minimum absolute atomic E-state index is 0.0553. The molecule has 1 aliphatic rings. The van der Waals surface area contributed by atoms with Gasteiger partial charge in [-0.25, -0.2) is 8.42 Å². The molecule has 0 amide bonds. The lowest BCUT2D eigenvalue weighted by atomic mass is 9.99. The van der Waals surface area contributed by atoms with Crippen molar-refractivity contribution in [2.24, 2.45) is 5.92 Å². The first-order valence-corrected chi connectivity index (χ1v) is 8.87. The monoisotopic (exact) mass is 311 g/mol. The van der Waals surface area contributed by atoms with Crippen LogP contribution < -0.4 is 5.32 Å². The summed E-state index contributed by atoms with van der Waals surface area (Å²) < 4.78 is 23.7. The predicted molar refractivity (Wildman–Crippen MR) is 80.9 cm³/mol. The van der Waals surface area contributed by atoms with Crippen LogP contribution in [0.1, 0.15) is 31.0 Å². The fourth-order valence-corrected chi connectivity index (χ4v) is 4.29. The summed E-state index contributed by atoms with van der Waals surface area (Å²) in [5.41, 5.74) is 2.01. The second kappa shape index (κ2) is 6.15. The van der Waals surface area contributed by atoms with E-state index in [0.717, 1.165) is 12.0 Å². The maximum Gasteiger partial charge on any atom is 0.321 e. The molecule has 6 heteroatoms. The molecule has 0 saturated carbocycles. The molecule has 1 aromatic rings. The molecule has 5 nitrogen and oxygen atoms in total. The summed E-state index contributed by atoms with van der Waals surface area (Å²) >= 11 is 0. The lowest BCUT2D eigenvalue weighted by Crippen LogP contribution is -2.51. The highest BCUT2D eigenvalue weighted by molar-refractivity contribution is 7.91. The molecule has 1 saturated heterocycles. The molecular formula is C15H21NO4S. The predicted octanol–water partition coefficient (Wildman–Crippen LogP) is 1.40. The Morgan fingerprint density at radius 2 is 1.90 bits per heavy atom. The van der Waals surface area contributed by atoms with E-state index in [1.54, 1.807) is 0 Å². The van der Waals surface area contributed by atoms with Gasteiger partial charge in [0.1, 0.15) is 6.04 Å². The third-order valence-electron chi connectivity index (χ3n) is 3.57. The minimum Gasteiger partial charge on any atom is -0.480 e. The van der Waals surface area contributed by atoms with Crippen LogP contribution in [0.2, 0.25) is 0 Å². The van der Waals surface area contributed by atoms with Gasteiger partial charge in [0.2, 0.25) is 0 Å². The molecule has 2 atom stereocenters. The van der Waals surface area contributed by atoms with Crippen molar-refractivity contribution in [2.45, 2.75) is 32.4 Å². The summed E-state index contributed by atoms with van der Waals surface area (Å²) in [6.45, 7) is 4.28. The van der Waals surface area contributed by atoms with Gasteiger partial charge in [-0.05, 0) is 23.5 Å². The summed E-state index contributed by atoms with van der Waals surface area (Å²) in [4.78, 5) is 11.1. The number of rotatable bonds is 4. The Bertz CT molecular complexity index is 607. The van der Waals surface area contributed by atoms with Gasteiger partial charge in [-0.3, -0.25) is 10.1 Å². The Kier molecular flexibility index (Phi) is 4.68. The maximum atomic E-state index is 11.9. The fraction of sp³-hybridized carbons (Fsp3) is 0.533. The van der Waals surface area contributed by atoms with Crippen LogP contribution in [0.3, 0.4) is 0 Å². The van der Waals surface area contributed by atoms with Gasteiger partial charge in [0.05, 0.1) is 11.5 Å². The number of aliphatic carboxylic acids is 1. The number of carbonyl (C=O) groups is 1.